The fourth-order valence-electron chi connectivity index (χ4n) is 12.7. The van der Waals surface area contributed by atoms with Crippen molar-refractivity contribution in [3.8, 4) is 5.75 Å². The molecule has 2 aliphatic rings. The number of para-hydroxylation sites is 2. The molecule has 8 atom stereocenters. The van der Waals surface area contributed by atoms with Gasteiger partial charge in [-0.05, 0) is 90.7 Å². The Bertz CT molecular complexity index is 4090. The quantitative estimate of drug-likeness (QED) is 0.0656. The molecular weight excluding hydrogens is 1340 g/mol. The number of carboxylic acid groups (broad SMARTS) is 1. The van der Waals surface area contributed by atoms with E-state index in [0.717, 1.165) is 36.7 Å². The second-order valence-electron chi connectivity index (χ2n) is 25.4. The van der Waals surface area contributed by atoms with Crippen molar-refractivity contribution in [3.05, 3.63) is 155 Å². The smallest absolute Gasteiger partial charge is 0.305 e. The van der Waals surface area contributed by atoms with Crippen LogP contribution >= 0.6 is 23.5 Å². The molecule has 0 spiro atoms. The molecule has 0 saturated carbocycles. The van der Waals surface area contributed by atoms with Crippen LogP contribution < -0.4 is 38.1 Å². The van der Waals surface area contributed by atoms with Crippen LogP contribution in [0, 0.1) is 0 Å². The Kier molecular flexibility index (Phi) is 26.5. The summed E-state index contributed by atoms with van der Waals surface area (Å²) in [5.41, 5.74) is 16.9. The highest BCUT2D eigenvalue weighted by molar-refractivity contribution is 7.98. The standard InChI is InChI=1S/C71H87N15O13S2/c1-83-37-62(89)79-54(30-45-34-75-51-16-6-4-14-49(45)51)65(93)80-55(31-46-35-76-52-17-7-5-15-50(46)52)69(97)84(2)59(33-63(90)91)67(95)81-56(32-47-36-74-41-77-47)70(98)85(3)60(29-42-20-22-48(87)23-21-42)71(99)86-26-11-19-58(86)66(94)82-57(64(73)92)40-101-39-44-13-10-12-43(28-44)38-100-27-24-61(88)78-53(68(83)96)18-8-9-25-72/h4-7,10,12-17,20-23,28,34-36,41,53-60,75-76,87H,8-9,11,18-19,24-27,29-33,37-40,72H2,1-3H3,(H2,73,92)(H,74,77)(H,78,88)(H,79,89)(H,80,93)(H,81,95)(H,82,94)(H,90,91)/t53-,54-,55-,56-,57-,58-,59-,60-/m0/s1. The van der Waals surface area contributed by atoms with Gasteiger partial charge in [-0.25, -0.2) is 4.98 Å². The highest BCUT2D eigenvalue weighted by Gasteiger charge is 2.43. The number of nitrogens with one attached hydrogen (secondary N) is 8. The molecule has 14 N–H and O–H groups in total. The molecule has 2 bridgehead atoms. The van der Waals surface area contributed by atoms with Gasteiger partial charge in [0.25, 0.3) is 0 Å². The number of H-pyrrole nitrogens is 3. The summed E-state index contributed by atoms with van der Waals surface area (Å²) >= 11 is 2.85. The Morgan fingerprint density at radius 1 is 0.624 bits per heavy atom. The fraction of sp³-hybridized carbons (Fsp3) is 0.408. The van der Waals surface area contributed by atoms with E-state index in [2.05, 4.69) is 46.5 Å². The van der Waals surface area contributed by atoms with Gasteiger partial charge < -0.3 is 82.8 Å². The minimum Gasteiger partial charge on any atom is -0.508 e. The maximum atomic E-state index is 15.5. The molecule has 536 valence electrons. The summed E-state index contributed by atoms with van der Waals surface area (Å²) in [6.07, 6.45) is 6.00. The first-order valence-corrected chi connectivity index (χ1v) is 35.7. The molecule has 0 aliphatic carbocycles. The number of primary amides is 1. The Morgan fingerprint density at radius 2 is 1.24 bits per heavy atom. The van der Waals surface area contributed by atoms with Crippen LogP contribution in [0.2, 0.25) is 0 Å². The lowest BCUT2D eigenvalue weighted by Crippen LogP contribution is -2.61. The largest absolute Gasteiger partial charge is 0.508 e. The summed E-state index contributed by atoms with van der Waals surface area (Å²) in [6, 6.07) is 16.8. The van der Waals surface area contributed by atoms with Crippen LogP contribution in [0.3, 0.4) is 0 Å². The number of thioether (sulfide) groups is 2. The molecule has 0 unspecified atom stereocenters. The number of phenolic OH excluding ortho intramolecular Hbond substituents is 1. The SMILES string of the molecule is CN1CC(=O)N[C@@H](Cc2c[nH]c3ccccc23)C(=O)N[C@@H](Cc2c[nH]c3ccccc23)C(=O)N(C)[C@@H](CC(=O)O)C(=O)N[C@@H](Cc2cnc[nH]2)C(=O)N(C)[C@@H](Cc2ccc(O)cc2)C(=O)N2CCC[C@H]2C(=O)N[C@H](C(N)=O)CSCc2cccc(c2)CSCCC(=O)N[C@@H](CCCCN)C1=O. The van der Waals surface area contributed by atoms with Crippen LogP contribution in [0.1, 0.15) is 78.5 Å². The molecule has 7 aromatic rings. The third-order valence-corrected chi connectivity index (χ3v) is 20.3. The second kappa shape index (κ2) is 35.7. The number of carboxylic acids is 1. The molecule has 10 amide bonds. The molecule has 9 rings (SSSR count). The predicted molar refractivity (Wildman–Crippen MR) is 381 cm³/mol. The zero-order chi connectivity index (χ0) is 72.3. The number of carbonyl (C=O) groups is 11. The monoisotopic (exact) mass is 1420 g/mol. The Balaban J connectivity index is 1.07. The van der Waals surface area contributed by atoms with Gasteiger partial charge in [0.2, 0.25) is 59.1 Å². The van der Waals surface area contributed by atoms with Crippen LogP contribution in [0.15, 0.2) is 122 Å². The normalized spacial score (nSPS) is 22.3. The molecule has 101 heavy (non-hydrogen) atoms. The number of benzene rings is 4. The lowest BCUT2D eigenvalue weighted by molar-refractivity contribution is -0.150. The Morgan fingerprint density at radius 3 is 1.87 bits per heavy atom. The van der Waals surface area contributed by atoms with Crippen LogP contribution in [0.4, 0.5) is 0 Å². The van der Waals surface area contributed by atoms with Crippen molar-refractivity contribution in [1.82, 2.24) is 66.1 Å². The average Bonchev–Trinajstić information content (AvgIpc) is 1.79. The third kappa shape index (κ3) is 20.3. The van der Waals surface area contributed by atoms with Crippen molar-refractivity contribution in [2.24, 2.45) is 11.5 Å². The van der Waals surface area contributed by atoms with E-state index >= 15 is 24.0 Å². The summed E-state index contributed by atoms with van der Waals surface area (Å²) in [7, 11) is 3.92. The summed E-state index contributed by atoms with van der Waals surface area (Å²) in [4.78, 5) is 177. The van der Waals surface area contributed by atoms with Crippen molar-refractivity contribution in [1.29, 1.82) is 0 Å². The number of aromatic hydroxyl groups is 1. The number of phenols is 1. The lowest BCUT2D eigenvalue weighted by Gasteiger charge is -2.36. The number of amides is 10. The number of carbonyl (C=O) groups excluding carboxylic acids is 10. The molecule has 5 heterocycles. The van der Waals surface area contributed by atoms with Gasteiger partial charge in [-0.15, -0.1) is 0 Å². The first-order valence-electron chi connectivity index (χ1n) is 33.4. The molecular formula is C71H87N15O13S2. The number of nitrogens with zero attached hydrogens (tertiary/aromatic N) is 5. The van der Waals surface area contributed by atoms with E-state index < -0.39 is 126 Å². The van der Waals surface area contributed by atoms with Gasteiger partial charge in [0.1, 0.15) is 54.1 Å². The van der Waals surface area contributed by atoms with Crippen molar-refractivity contribution in [2.75, 3.05) is 52.3 Å². The van der Waals surface area contributed by atoms with E-state index in [1.54, 1.807) is 54.9 Å². The van der Waals surface area contributed by atoms with Gasteiger partial charge in [0, 0.05) is 129 Å². The van der Waals surface area contributed by atoms with Crippen LogP contribution in [0.25, 0.3) is 21.8 Å². The number of fused-ring (bicyclic) bond motifs is 5. The van der Waals surface area contributed by atoms with E-state index in [-0.39, 0.29) is 63.0 Å². The van der Waals surface area contributed by atoms with Gasteiger partial charge in [-0.1, -0.05) is 72.8 Å². The van der Waals surface area contributed by atoms with E-state index in [0.29, 0.717) is 76.4 Å². The van der Waals surface area contributed by atoms with Gasteiger partial charge in [-0.3, -0.25) is 52.7 Å². The summed E-state index contributed by atoms with van der Waals surface area (Å²) in [6.45, 7) is -0.165. The van der Waals surface area contributed by atoms with Gasteiger partial charge in [0.05, 0.1) is 19.3 Å². The van der Waals surface area contributed by atoms with Crippen LogP contribution in [-0.4, -0.2) is 215 Å². The highest BCUT2D eigenvalue weighted by Crippen LogP contribution is 2.27. The van der Waals surface area contributed by atoms with E-state index in [1.165, 1.54) is 74.2 Å². The van der Waals surface area contributed by atoms with Crippen LogP contribution in [-0.2, 0) is 89.9 Å². The number of hydrogen-bond acceptors (Lipinski definition) is 16. The zero-order valence-electron chi connectivity index (χ0n) is 56.5. The molecule has 1 saturated heterocycles. The van der Waals surface area contributed by atoms with Crippen molar-refractivity contribution in [2.45, 2.75) is 130 Å². The molecule has 0 radical (unpaired) electrons. The van der Waals surface area contributed by atoms with Crippen molar-refractivity contribution >= 4 is 110 Å². The fourth-order valence-corrected chi connectivity index (χ4v) is 14.6. The topological polar surface area (TPSA) is 414 Å². The molecule has 2 aliphatic heterocycles. The van der Waals surface area contributed by atoms with Crippen LogP contribution in [0.5, 0.6) is 5.75 Å². The molecule has 1 fully saturated rings. The van der Waals surface area contributed by atoms with Crippen molar-refractivity contribution in [3.63, 3.8) is 0 Å². The molecule has 4 aromatic carbocycles. The first-order chi connectivity index (χ1) is 48.5. The number of unbranched alkanes of at least 4 members (excludes halogenated alkanes) is 1. The van der Waals surface area contributed by atoms with E-state index in [9.17, 15) is 39.0 Å². The number of imidazole rings is 1. The lowest BCUT2D eigenvalue weighted by atomic mass is 10.00. The Labute approximate surface area is 592 Å². The minimum absolute atomic E-state index is 0.0555. The van der Waals surface area contributed by atoms with Crippen molar-refractivity contribution < 1.29 is 63.0 Å². The number of rotatable bonds is 15. The van der Waals surface area contributed by atoms with E-state index in [1.807, 2.05) is 42.5 Å². The van der Waals surface area contributed by atoms with Gasteiger partial charge in [0.15, 0.2) is 0 Å². The number of aliphatic carboxylic acids is 1. The summed E-state index contributed by atoms with van der Waals surface area (Å²) in [5.74, 6) is -7.88. The third-order valence-electron chi connectivity index (χ3n) is 18.1. The first kappa shape index (κ1) is 75.0. The van der Waals surface area contributed by atoms with Gasteiger partial charge >= 0.3 is 5.97 Å². The summed E-state index contributed by atoms with van der Waals surface area (Å²) < 4.78 is 0. The zero-order valence-corrected chi connectivity index (χ0v) is 58.1. The Hall–Kier alpha value is -10.2. The predicted octanol–water partition coefficient (Wildman–Crippen LogP) is 2.54. The molecule has 3 aromatic heterocycles. The minimum atomic E-state index is -1.89. The average molecular weight is 1420 g/mol. The van der Waals surface area contributed by atoms with E-state index in [4.69, 9.17) is 11.5 Å². The second-order valence-corrected chi connectivity index (χ2v) is 27.6. The number of likely N-dealkylation sites (N-methyl/N-ethyl adjacent to an activating group) is 3. The number of hydrogen-bond donors (Lipinski definition) is 12. The molecule has 30 heteroatoms. The summed E-state index contributed by atoms with van der Waals surface area (Å²) in [5, 5.41) is 36.2. The highest BCUT2D eigenvalue weighted by atomic mass is 32.2. The number of nitrogens with two attached hydrogens (primary N) is 2. The maximum Gasteiger partial charge on any atom is 0.305 e. The van der Waals surface area contributed by atoms with Gasteiger partial charge in [-0.2, -0.15) is 23.5 Å². The number of aromatic amines is 3. The number of aromatic nitrogens is 4. The molecule has 28 nitrogen and oxygen atoms in total. The maximum absolute atomic E-state index is 15.5.